The first-order valence-corrected chi connectivity index (χ1v) is 1.52. The zero-order valence-corrected chi connectivity index (χ0v) is 5.39. The second-order valence-electron chi connectivity index (χ2n) is 0.192. The van der Waals surface area contributed by atoms with Crippen LogP contribution in [0.1, 0.15) is 0 Å². The van der Waals surface area contributed by atoms with E-state index in [0.717, 1.165) is 0 Å². The molecule has 0 atom stereocenters. The average Bonchev–Trinajstić information content (AvgIpc) is 0.811. The second kappa shape index (κ2) is 5.48. The van der Waals surface area contributed by atoms with E-state index in [9.17, 15) is 12.6 Å². The van der Waals surface area contributed by atoms with E-state index < -0.39 is 8.85 Å². The Kier molecular flexibility index (Phi) is 10.6. The molecule has 28 valence electrons. The van der Waals surface area contributed by atoms with Crippen molar-refractivity contribution < 1.29 is 12.6 Å². The van der Waals surface area contributed by atoms with Crippen LogP contribution < -0.4 is 0 Å². The van der Waals surface area contributed by atoms with Crippen LogP contribution in [0.4, 0.5) is 12.6 Å². The van der Waals surface area contributed by atoms with Crippen LogP contribution in [0.5, 0.6) is 0 Å². The van der Waals surface area contributed by atoms with Crippen LogP contribution in [0, 0.1) is 0 Å². The molecule has 0 aromatic carbocycles. The SMILES string of the molecule is FP(F)F.[Ca]. The van der Waals surface area contributed by atoms with Crippen molar-refractivity contribution in [1.29, 1.82) is 0 Å². The van der Waals surface area contributed by atoms with Gasteiger partial charge in [0.1, 0.15) is 0 Å². The normalized spacial score (nSPS) is 7.20. The van der Waals surface area contributed by atoms with Crippen LogP contribution in [-0.4, -0.2) is 37.7 Å². The van der Waals surface area contributed by atoms with E-state index in [1.807, 2.05) is 0 Å². The van der Waals surface area contributed by atoms with Gasteiger partial charge in [-0.1, -0.05) is 0 Å². The third kappa shape index (κ3) is 30.3. The zero-order valence-electron chi connectivity index (χ0n) is 2.29. The van der Waals surface area contributed by atoms with Crippen molar-refractivity contribution in [3.63, 3.8) is 0 Å². The van der Waals surface area contributed by atoms with Crippen molar-refractivity contribution in [3.8, 4) is 0 Å². The zero-order chi connectivity index (χ0) is 3.58. The van der Waals surface area contributed by atoms with Gasteiger partial charge in [-0.3, -0.25) is 0 Å². The first-order chi connectivity index (χ1) is 1.73. The minimum absolute atomic E-state index is 0. The van der Waals surface area contributed by atoms with Gasteiger partial charge in [0.05, 0.1) is 0 Å². The topological polar surface area (TPSA) is 0 Å². The number of hydrogen-bond donors (Lipinski definition) is 0. The van der Waals surface area contributed by atoms with Gasteiger partial charge in [-0.25, -0.2) is 0 Å². The number of hydrogen-bond acceptors (Lipinski definition) is 0. The smallest absolute Gasteiger partial charge is 0.152 e. The summed E-state index contributed by atoms with van der Waals surface area (Å²) in [6.07, 6.45) is 0. The van der Waals surface area contributed by atoms with E-state index in [0.29, 0.717) is 0 Å². The number of rotatable bonds is 0. The van der Waals surface area contributed by atoms with Gasteiger partial charge < -0.3 is 0 Å². The molecular formula is CaF3P. The molecule has 0 heterocycles. The summed E-state index contributed by atoms with van der Waals surface area (Å²) in [6, 6.07) is 0. The van der Waals surface area contributed by atoms with Gasteiger partial charge in [0.2, 0.25) is 0 Å². The Hall–Kier alpha value is 1.48. The molecule has 0 aromatic rings. The monoisotopic (exact) mass is 128 g/mol. The fourth-order valence-electron chi connectivity index (χ4n) is 0. The van der Waals surface area contributed by atoms with Gasteiger partial charge in [0, 0.05) is 37.7 Å². The summed E-state index contributed by atoms with van der Waals surface area (Å²) in [6.45, 7) is 0. The molecule has 0 N–H and O–H groups in total. The van der Waals surface area contributed by atoms with Gasteiger partial charge in [0.25, 0.3) is 0 Å². The minimum atomic E-state index is -4.12. The maximum absolute atomic E-state index is 9.73. The van der Waals surface area contributed by atoms with Crippen LogP contribution in [0.25, 0.3) is 0 Å². The Bertz CT molecular complexity index is 11.6. The van der Waals surface area contributed by atoms with E-state index in [1.54, 1.807) is 0 Å². The molecule has 5 heteroatoms. The van der Waals surface area contributed by atoms with Crippen LogP contribution in [-0.2, 0) is 0 Å². The van der Waals surface area contributed by atoms with Crippen LogP contribution in [0.15, 0.2) is 0 Å². The van der Waals surface area contributed by atoms with Crippen molar-refractivity contribution in [2.24, 2.45) is 0 Å². The molecule has 0 aromatic heterocycles. The standard InChI is InChI=1S/Ca.F3P/c;1-4(2)3. The molecular weight excluding hydrogens is 128 g/mol. The molecule has 0 aliphatic carbocycles. The molecule has 2 radical (unpaired) electrons. The van der Waals surface area contributed by atoms with Gasteiger partial charge >= 0.3 is 8.85 Å². The summed E-state index contributed by atoms with van der Waals surface area (Å²) in [5.74, 6) is 0. The summed E-state index contributed by atoms with van der Waals surface area (Å²) < 4.78 is 29.2. The molecule has 0 rings (SSSR count). The minimum Gasteiger partial charge on any atom is -0.152 e. The first kappa shape index (κ1) is 9.70. The Morgan fingerprint density at radius 3 is 1.00 bits per heavy atom. The molecule has 0 amide bonds. The van der Waals surface area contributed by atoms with E-state index in [-0.39, 0.29) is 37.7 Å². The molecule has 0 unspecified atom stereocenters. The Labute approximate surface area is 58.9 Å². The maximum Gasteiger partial charge on any atom is 0.456 e. The van der Waals surface area contributed by atoms with Crippen molar-refractivity contribution in [1.82, 2.24) is 0 Å². The summed E-state index contributed by atoms with van der Waals surface area (Å²) >= 11 is 0. The second-order valence-corrected chi connectivity index (χ2v) is 0.575. The fourth-order valence-corrected chi connectivity index (χ4v) is 0. The van der Waals surface area contributed by atoms with Crippen molar-refractivity contribution in [2.75, 3.05) is 0 Å². The predicted molar refractivity (Wildman–Crippen MR) is 16.0 cm³/mol. The van der Waals surface area contributed by atoms with E-state index in [4.69, 9.17) is 0 Å². The van der Waals surface area contributed by atoms with Gasteiger partial charge in [-0.2, -0.15) is 12.6 Å². The Morgan fingerprint density at radius 2 is 1.00 bits per heavy atom. The maximum atomic E-state index is 9.73. The molecule has 0 aliphatic rings. The quantitative estimate of drug-likeness (QED) is 0.344. The van der Waals surface area contributed by atoms with Crippen molar-refractivity contribution in [3.05, 3.63) is 0 Å². The molecule has 0 aliphatic heterocycles. The van der Waals surface area contributed by atoms with Gasteiger partial charge in [0.15, 0.2) is 0 Å². The fraction of sp³-hybridized carbons (Fsp3) is 0. The molecule has 0 nitrogen and oxygen atoms in total. The first-order valence-electron chi connectivity index (χ1n) is 0.507. The van der Waals surface area contributed by atoms with Crippen molar-refractivity contribution >= 4 is 46.6 Å². The number of halogens is 3. The third-order valence-corrected chi connectivity index (χ3v) is 0. The largest absolute Gasteiger partial charge is 0.456 e. The van der Waals surface area contributed by atoms with Crippen LogP contribution >= 0.6 is 8.85 Å². The van der Waals surface area contributed by atoms with Gasteiger partial charge in [-0.05, 0) is 0 Å². The summed E-state index contributed by atoms with van der Waals surface area (Å²) in [5.41, 5.74) is 0. The van der Waals surface area contributed by atoms with Crippen molar-refractivity contribution in [2.45, 2.75) is 0 Å². The van der Waals surface area contributed by atoms with E-state index >= 15 is 0 Å². The molecule has 0 bridgehead atoms. The molecule has 0 saturated carbocycles. The molecule has 0 saturated heterocycles. The van der Waals surface area contributed by atoms with E-state index in [2.05, 4.69) is 0 Å². The summed E-state index contributed by atoms with van der Waals surface area (Å²) in [4.78, 5) is 0. The van der Waals surface area contributed by atoms with Crippen LogP contribution in [0.3, 0.4) is 0 Å². The third-order valence-electron chi connectivity index (χ3n) is 0. The Morgan fingerprint density at radius 1 is 1.00 bits per heavy atom. The molecule has 0 fully saturated rings. The van der Waals surface area contributed by atoms with Gasteiger partial charge in [-0.15, -0.1) is 0 Å². The van der Waals surface area contributed by atoms with E-state index in [1.165, 1.54) is 0 Å². The predicted octanol–water partition coefficient (Wildman–Crippen LogP) is 1.74. The summed E-state index contributed by atoms with van der Waals surface area (Å²) in [5, 5.41) is 0. The molecule has 5 heavy (non-hydrogen) atoms. The summed E-state index contributed by atoms with van der Waals surface area (Å²) in [7, 11) is -4.12. The average molecular weight is 128 g/mol. The van der Waals surface area contributed by atoms with Crippen LogP contribution in [0.2, 0.25) is 0 Å². The Balaban J connectivity index is 0. The molecule has 0 spiro atoms.